The molecule has 1 aromatic rings. The summed E-state index contributed by atoms with van der Waals surface area (Å²) in [6, 6.07) is 1.77. The van der Waals surface area contributed by atoms with Crippen LogP contribution in [-0.4, -0.2) is 22.5 Å². The van der Waals surface area contributed by atoms with Crippen LogP contribution in [0.2, 0.25) is 0 Å². The third-order valence-corrected chi connectivity index (χ3v) is 1.84. The van der Waals surface area contributed by atoms with Crippen LogP contribution in [0.15, 0.2) is 11.1 Å². The van der Waals surface area contributed by atoms with E-state index in [0.717, 1.165) is 17.2 Å². The summed E-state index contributed by atoms with van der Waals surface area (Å²) < 4.78 is 0. The van der Waals surface area contributed by atoms with E-state index < -0.39 is 0 Å². The zero-order valence-electron chi connectivity index (χ0n) is 6.41. The lowest BCUT2D eigenvalue weighted by Gasteiger charge is -2.00. The first-order valence-corrected chi connectivity index (χ1v) is 3.65. The van der Waals surface area contributed by atoms with Gasteiger partial charge in [-0.3, -0.25) is 4.99 Å². The van der Waals surface area contributed by atoms with Gasteiger partial charge in [0.05, 0.1) is 11.9 Å². The Morgan fingerprint density at radius 1 is 1.67 bits per heavy atom. The van der Waals surface area contributed by atoms with Crippen LogP contribution in [0.5, 0.6) is 0 Å². The number of H-pyrrole nitrogens is 1. The molecule has 4 heteroatoms. The molecule has 12 heavy (non-hydrogen) atoms. The highest BCUT2D eigenvalue weighted by Gasteiger charge is 2.05. The molecule has 0 amide bonds. The quantitative estimate of drug-likeness (QED) is 0.450. The molecule has 0 radical (unpaired) electrons. The topological polar surface area (TPSA) is 74.4 Å². The van der Waals surface area contributed by atoms with Crippen molar-refractivity contribution >= 4 is 18.2 Å². The van der Waals surface area contributed by atoms with Crippen LogP contribution in [-0.2, 0) is 0 Å². The van der Waals surface area contributed by atoms with Gasteiger partial charge in [-0.2, -0.15) is 0 Å². The lowest BCUT2D eigenvalue weighted by molar-refractivity contribution is 0.538. The van der Waals surface area contributed by atoms with Gasteiger partial charge in [0.2, 0.25) is 0 Å². The number of aromatic nitrogens is 1. The Bertz CT molecular complexity index is 441. The van der Waals surface area contributed by atoms with Crippen molar-refractivity contribution in [3.8, 4) is 0 Å². The number of rotatable bonds is 0. The monoisotopic (exact) mass is 163 g/mol. The molecule has 1 aliphatic heterocycles. The maximum absolute atomic E-state index is 8.72. The Kier molecular flexibility index (Phi) is 1.40. The van der Waals surface area contributed by atoms with Gasteiger partial charge in [-0.05, 0) is 12.1 Å². The van der Waals surface area contributed by atoms with Crippen LogP contribution in [0.4, 0.5) is 0 Å². The lowest BCUT2D eigenvalue weighted by Crippen LogP contribution is -2.25. The number of nitrogens with two attached hydrogens (primary N) is 1. The average Bonchev–Trinajstić information content (AvgIpc) is 2.49. The number of aliphatic hydroxyl groups excluding tert-OH is 1. The minimum Gasteiger partial charge on any atom is -0.513 e. The lowest BCUT2D eigenvalue weighted by atomic mass is 10.2. The Morgan fingerprint density at radius 2 is 2.50 bits per heavy atom. The molecule has 0 spiro atoms. The van der Waals surface area contributed by atoms with Crippen molar-refractivity contribution in [3.05, 3.63) is 22.3 Å². The second kappa shape index (κ2) is 2.41. The molecule has 0 aromatic carbocycles. The summed E-state index contributed by atoms with van der Waals surface area (Å²) in [7, 11) is 0. The number of aliphatic imine (C=N–C) groups is 1. The van der Waals surface area contributed by atoms with Gasteiger partial charge in [0.25, 0.3) is 0 Å². The van der Waals surface area contributed by atoms with E-state index in [-0.39, 0.29) is 0 Å². The first-order valence-electron chi connectivity index (χ1n) is 3.65. The van der Waals surface area contributed by atoms with Gasteiger partial charge >= 0.3 is 0 Å². The minimum absolute atomic E-state index is 0.525. The smallest absolute Gasteiger partial charge is 0.128 e. The van der Waals surface area contributed by atoms with Crippen molar-refractivity contribution in [2.75, 3.05) is 6.54 Å². The second-order valence-corrected chi connectivity index (χ2v) is 2.61. The van der Waals surface area contributed by atoms with Crippen LogP contribution < -0.4 is 16.4 Å². The van der Waals surface area contributed by atoms with E-state index in [0.29, 0.717) is 17.7 Å². The Labute approximate surface area is 68.7 Å². The van der Waals surface area contributed by atoms with Gasteiger partial charge in [0, 0.05) is 10.9 Å². The molecule has 0 unspecified atom stereocenters. The number of hydrogen-bond donors (Lipinski definition) is 3. The summed E-state index contributed by atoms with van der Waals surface area (Å²) in [5.41, 5.74) is 6.49. The zero-order valence-corrected chi connectivity index (χ0v) is 6.41. The van der Waals surface area contributed by atoms with Crippen molar-refractivity contribution in [2.45, 2.75) is 0 Å². The van der Waals surface area contributed by atoms with Crippen molar-refractivity contribution in [3.63, 3.8) is 0 Å². The van der Waals surface area contributed by atoms with Crippen molar-refractivity contribution in [2.24, 2.45) is 10.7 Å². The molecule has 62 valence electrons. The zero-order chi connectivity index (χ0) is 8.55. The van der Waals surface area contributed by atoms with Crippen LogP contribution in [0.3, 0.4) is 0 Å². The molecule has 1 aromatic heterocycles. The highest BCUT2D eigenvalue weighted by atomic mass is 16.2. The predicted molar refractivity (Wildman–Crippen MR) is 47.2 cm³/mol. The van der Waals surface area contributed by atoms with Crippen LogP contribution in [0.25, 0.3) is 12.3 Å². The van der Waals surface area contributed by atoms with Gasteiger partial charge in [0.15, 0.2) is 0 Å². The van der Waals surface area contributed by atoms with Crippen molar-refractivity contribution in [1.82, 2.24) is 4.98 Å². The normalized spacial score (nSPS) is 16.7. The fourth-order valence-electron chi connectivity index (χ4n) is 1.26. The summed E-state index contributed by atoms with van der Waals surface area (Å²) in [5.74, 6) is 0.525. The first-order chi connectivity index (χ1) is 5.81. The highest BCUT2D eigenvalue weighted by molar-refractivity contribution is 5.98. The fraction of sp³-hybridized carbons (Fsp3) is 0.125. The Hall–Kier alpha value is -1.71. The summed E-state index contributed by atoms with van der Waals surface area (Å²) in [4.78, 5) is 7.03. The SMILES string of the molecule is NC1=NCC=c2[nH]c(=CO)cc21. The maximum Gasteiger partial charge on any atom is 0.128 e. The summed E-state index contributed by atoms with van der Waals surface area (Å²) >= 11 is 0. The summed E-state index contributed by atoms with van der Waals surface area (Å²) in [6.07, 6.45) is 2.94. The van der Waals surface area contributed by atoms with E-state index in [2.05, 4.69) is 9.98 Å². The Balaban J connectivity index is 2.76. The molecule has 0 fully saturated rings. The molecular formula is C8H9N3O. The van der Waals surface area contributed by atoms with E-state index in [1.165, 1.54) is 0 Å². The molecule has 4 N–H and O–H groups in total. The van der Waals surface area contributed by atoms with Gasteiger partial charge in [-0.15, -0.1) is 0 Å². The van der Waals surface area contributed by atoms with Crippen LogP contribution in [0.1, 0.15) is 5.56 Å². The van der Waals surface area contributed by atoms with E-state index in [1.54, 1.807) is 6.07 Å². The van der Waals surface area contributed by atoms with E-state index >= 15 is 0 Å². The van der Waals surface area contributed by atoms with E-state index in [1.807, 2.05) is 6.08 Å². The molecule has 0 saturated heterocycles. The molecule has 1 aliphatic rings. The third kappa shape index (κ3) is 0.887. The molecular weight excluding hydrogens is 154 g/mol. The molecule has 0 saturated carbocycles. The van der Waals surface area contributed by atoms with Gasteiger partial charge in [-0.25, -0.2) is 0 Å². The van der Waals surface area contributed by atoms with Crippen molar-refractivity contribution < 1.29 is 5.11 Å². The number of nitrogens with zero attached hydrogens (tertiary/aromatic N) is 1. The predicted octanol–water partition coefficient (Wildman–Crippen LogP) is -1.19. The van der Waals surface area contributed by atoms with E-state index in [9.17, 15) is 0 Å². The van der Waals surface area contributed by atoms with E-state index in [4.69, 9.17) is 10.8 Å². The minimum atomic E-state index is 0.525. The van der Waals surface area contributed by atoms with Gasteiger partial charge in [0.1, 0.15) is 12.1 Å². The molecule has 2 rings (SSSR count). The third-order valence-electron chi connectivity index (χ3n) is 1.84. The van der Waals surface area contributed by atoms with Crippen molar-refractivity contribution in [1.29, 1.82) is 0 Å². The van der Waals surface area contributed by atoms with Gasteiger partial charge < -0.3 is 15.8 Å². The number of aromatic amines is 1. The largest absolute Gasteiger partial charge is 0.513 e. The van der Waals surface area contributed by atoms with Crippen LogP contribution in [0, 0.1) is 0 Å². The number of fused-ring (bicyclic) bond motifs is 1. The summed E-state index contributed by atoms with van der Waals surface area (Å²) in [5, 5.41) is 10.3. The number of aliphatic hydroxyl groups is 1. The molecule has 0 atom stereocenters. The molecule has 2 heterocycles. The van der Waals surface area contributed by atoms with Gasteiger partial charge in [-0.1, -0.05) is 0 Å². The second-order valence-electron chi connectivity index (χ2n) is 2.61. The number of amidine groups is 1. The highest BCUT2D eigenvalue weighted by Crippen LogP contribution is 1.91. The molecule has 4 nitrogen and oxygen atoms in total. The molecule has 0 bridgehead atoms. The number of hydrogen-bond acceptors (Lipinski definition) is 3. The number of nitrogens with one attached hydrogen (secondary N) is 1. The first kappa shape index (κ1) is 6.97. The maximum atomic E-state index is 8.72. The fourth-order valence-corrected chi connectivity index (χ4v) is 1.26. The molecule has 0 aliphatic carbocycles. The average molecular weight is 163 g/mol. The summed E-state index contributed by atoms with van der Waals surface area (Å²) in [6.45, 7) is 0.601. The standard InChI is InChI=1S/C8H9N3O/c9-8-6-3-5(4-12)11-7(6)1-2-10-8/h1,3-4,11-12H,2H2,(H2,9,10). The Morgan fingerprint density at radius 3 is 3.17 bits per heavy atom. The van der Waals surface area contributed by atoms with Crippen LogP contribution >= 0.6 is 0 Å².